The van der Waals surface area contributed by atoms with Crippen LogP contribution in [0.15, 0.2) is 29.3 Å². The summed E-state index contributed by atoms with van der Waals surface area (Å²) in [5, 5.41) is 18.5. The number of rotatable bonds is 10. The summed E-state index contributed by atoms with van der Waals surface area (Å²) in [4.78, 5) is 16.4. The van der Waals surface area contributed by atoms with E-state index in [1.165, 1.54) is 24.3 Å². The number of amides is 1. The van der Waals surface area contributed by atoms with E-state index in [9.17, 15) is 9.90 Å². The van der Waals surface area contributed by atoms with Gasteiger partial charge in [0.25, 0.3) is 5.91 Å². The molecular formula is C17H29IN4O2S. The molecule has 0 spiro atoms. The average molecular weight is 480 g/mol. The molecule has 25 heavy (non-hydrogen) atoms. The number of phenolic OH excluding ortho intramolecular Hbond substituents is 1. The van der Waals surface area contributed by atoms with Crippen LogP contribution in [0.5, 0.6) is 5.75 Å². The molecule has 0 aliphatic carbocycles. The van der Waals surface area contributed by atoms with Gasteiger partial charge in [-0.15, -0.1) is 24.0 Å². The molecule has 6 nitrogen and oxygen atoms in total. The van der Waals surface area contributed by atoms with Crippen molar-refractivity contribution in [3.8, 4) is 5.75 Å². The fourth-order valence-corrected chi connectivity index (χ4v) is 2.46. The van der Waals surface area contributed by atoms with Crippen LogP contribution in [-0.4, -0.2) is 55.2 Å². The zero-order chi connectivity index (χ0) is 17.6. The topological polar surface area (TPSA) is 85.8 Å². The minimum atomic E-state index is -0.157. The van der Waals surface area contributed by atoms with Crippen molar-refractivity contribution in [1.82, 2.24) is 16.0 Å². The molecule has 142 valence electrons. The molecule has 0 unspecified atom stereocenters. The monoisotopic (exact) mass is 480 g/mol. The number of hydrogen-bond acceptors (Lipinski definition) is 4. The van der Waals surface area contributed by atoms with Gasteiger partial charge in [-0.3, -0.25) is 9.79 Å². The van der Waals surface area contributed by atoms with Gasteiger partial charge in [-0.25, -0.2) is 0 Å². The number of thioether (sulfide) groups is 1. The number of hydrogen-bond donors (Lipinski definition) is 4. The Balaban J connectivity index is 0.00000576. The maximum atomic E-state index is 11.9. The highest BCUT2D eigenvalue weighted by Crippen LogP contribution is 2.09. The zero-order valence-corrected chi connectivity index (χ0v) is 18.0. The van der Waals surface area contributed by atoms with Crippen molar-refractivity contribution in [3.05, 3.63) is 29.8 Å². The maximum absolute atomic E-state index is 11.9. The van der Waals surface area contributed by atoms with Crippen LogP contribution in [-0.2, 0) is 0 Å². The number of carbonyl (C=O) groups is 1. The Bertz CT molecular complexity index is 512. The SMILES string of the molecule is CCNC(=NCCCCSC)NCCNC(=O)c1ccc(O)cc1.I. The second-order valence-corrected chi connectivity index (χ2v) is 6.18. The summed E-state index contributed by atoms with van der Waals surface area (Å²) in [5.41, 5.74) is 0.530. The van der Waals surface area contributed by atoms with Crippen LogP contribution in [0.25, 0.3) is 0 Å². The van der Waals surface area contributed by atoms with Gasteiger partial charge < -0.3 is 21.1 Å². The van der Waals surface area contributed by atoms with Gasteiger partial charge in [0.15, 0.2) is 5.96 Å². The van der Waals surface area contributed by atoms with Gasteiger partial charge in [0, 0.05) is 31.7 Å². The summed E-state index contributed by atoms with van der Waals surface area (Å²) in [6, 6.07) is 6.19. The highest BCUT2D eigenvalue weighted by atomic mass is 127. The molecule has 1 aromatic carbocycles. The smallest absolute Gasteiger partial charge is 0.251 e. The third kappa shape index (κ3) is 11.1. The summed E-state index contributed by atoms with van der Waals surface area (Å²) < 4.78 is 0. The van der Waals surface area contributed by atoms with Crippen LogP contribution in [0.4, 0.5) is 0 Å². The van der Waals surface area contributed by atoms with Crippen LogP contribution in [0.3, 0.4) is 0 Å². The second kappa shape index (κ2) is 15.1. The fourth-order valence-electron chi connectivity index (χ4n) is 1.96. The molecule has 0 aromatic heterocycles. The summed E-state index contributed by atoms with van der Waals surface area (Å²) >= 11 is 1.86. The van der Waals surface area contributed by atoms with Crippen LogP contribution in [0.1, 0.15) is 30.1 Å². The number of aromatic hydroxyl groups is 1. The molecule has 4 N–H and O–H groups in total. The van der Waals surface area contributed by atoms with Crippen molar-refractivity contribution in [2.24, 2.45) is 4.99 Å². The van der Waals surface area contributed by atoms with Gasteiger partial charge in [-0.1, -0.05) is 0 Å². The van der Waals surface area contributed by atoms with Gasteiger partial charge in [0.05, 0.1) is 0 Å². The lowest BCUT2D eigenvalue weighted by Gasteiger charge is -2.12. The molecule has 8 heteroatoms. The number of halogens is 1. The summed E-state index contributed by atoms with van der Waals surface area (Å²) in [7, 11) is 0. The standard InChI is InChI=1S/C17H28N4O2S.HI/c1-3-18-17(20-10-4-5-13-24-2)21-12-11-19-16(23)14-6-8-15(22)9-7-14;/h6-9,22H,3-5,10-13H2,1-2H3,(H,19,23)(H2,18,20,21);1H. The van der Waals surface area contributed by atoms with Gasteiger partial charge >= 0.3 is 0 Å². The predicted octanol–water partition coefficient (Wildman–Crippen LogP) is 2.44. The van der Waals surface area contributed by atoms with Crippen LogP contribution in [0.2, 0.25) is 0 Å². The van der Waals surface area contributed by atoms with E-state index >= 15 is 0 Å². The van der Waals surface area contributed by atoms with E-state index in [2.05, 4.69) is 27.2 Å². The quantitative estimate of drug-likeness (QED) is 0.179. The number of guanidine groups is 1. The Kier molecular flexibility index (Phi) is 14.4. The van der Waals surface area contributed by atoms with Crippen molar-refractivity contribution in [2.45, 2.75) is 19.8 Å². The van der Waals surface area contributed by atoms with Gasteiger partial charge in [-0.05, 0) is 56.0 Å². The Morgan fingerprint density at radius 3 is 2.44 bits per heavy atom. The number of benzene rings is 1. The van der Waals surface area contributed by atoms with Crippen molar-refractivity contribution >= 4 is 47.6 Å². The number of unbranched alkanes of at least 4 members (excludes halogenated alkanes) is 1. The Labute approximate surface area is 171 Å². The summed E-state index contributed by atoms with van der Waals surface area (Å²) in [6.45, 7) is 4.72. The third-order valence-electron chi connectivity index (χ3n) is 3.20. The fraction of sp³-hybridized carbons (Fsp3) is 0.529. The highest BCUT2D eigenvalue weighted by molar-refractivity contribution is 14.0. The van der Waals surface area contributed by atoms with Gasteiger partial charge in [0.2, 0.25) is 0 Å². The first-order valence-electron chi connectivity index (χ1n) is 8.25. The lowest BCUT2D eigenvalue weighted by Crippen LogP contribution is -2.41. The van der Waals surface area contributed by atoms with Crippen molar-refractivity contribution in [1.29, 1.82) is 0 Å². The van der Waals surface area contributed by atoms with E-state index in [4.69, 9.17) is 0 Å². The molecule has 0 saturated heterocycles. The highest BCUT2D eigenvalue weighted by Gasteiger charge is 2.04. The van der Waals surface area contributed by atoms with Crippen molar-refractivity contribution in [3.63, 3.8) is 0 Å². The molecule has 0 saturated carbocycles. The molecule has 0 bridgehead atoms. The Morgan fingerprint density at radius 2 is 1.80 bits per heavy atom. The lowest BCUT2D eigenvalue weighted by atomic mass is 10.2. The molecule has 0 radical (unpaired) electrons. The molecule has 1 amide bonds. The van der Waals surface area contributed by atoms with E-state index < -0.39 is 0 Å². The molecule has 1 rings (SSSR count). The van der Waals surface area contributed by atoms with Crippen LogP contribution in [0, 0.1) is 0 Å². The maximum Gasteiger partial charge on any atom is 0.251 e. The first-order valence-corrected chi connectivity index (χ1v) is 9.65. The van der Waals surface area contributed by atoms with E-state index in [-0.39, 0.29) is 35.6 Å². The zero-order valence-electron chi connectivity index (χ0n) is 14.9. The molecule has 0 heterocycles. The van der Waals surface area contributed by atoms with Crippen LogP contribution < -0.4 is 16.0 Å². The number of phenols is 1. The van der Waals surface area contributed by atoms with E-state index in [1.54, 1.807) is 12.1 Å². The Hall–Kier alpha value is -1.16. The van der Waals surface area contributed by atoms with Gasteiger partial charge in [-0.2, -0.15) is 11.8 Å². The molecule has 0 aliphatic heterocycles. The summed E-state index contributed by atoms with van der Waals surface area (Å²) in [5.74, 6) is 1.94. The minimum absolute atomic E-state index is 0. The van der Waals surface area contributed by atoms with Gasteiger partial charge in [0.1, 0.15) is 5.75 Å². The minimum Gasteiger partial charge on any atom is -0.508 e. The molecule has 0 atom stereocenters. The second-order valence-electron chi connectivity index (χ2n) is 5.19. The van der Waals surface area contributed by atoms with Crippen LogP contribution >= 0.6 is 35.7 Å². The number of aliphatic imine (C=N–C) groups is 1. The van der Waals surface area contributed by atoms with E-state index in [0.29, 0.717) is 18.7 Å². The molecule has 1 aromatic rings. The third-order valence-corrected chi connectivity index (χ3v) is 3.90. The molecular weight excluding hydrogens is 451 g/mol. The lowest BCUT2D eigenvalue weighted by molar-refractivity contribution is 0.0954. The predicted molar refractivity (Wildman–Crippen MR) is 117 cm³/mol. The number of nitrogens with one attached hydrogen (secondary N) is 3. The first kappa shape index (κ1) is 23.8. The largest absolute Gasteiger partial charge is 0.508 e. The van der Waals surface area contributed by atoms with Crippen molar-refractivity contribution < 1.29 is 9.90 Å². The Morgan fingerprint density at radius 1 is 1.12 bits per heavy atom. The van der Waals surface area contributed by atoms with Crippen molar-refractivity contribution in [2.75, 3.05) is 38.2 Å². The first-order chi connectivity index (χ1) is 11.7. The average Bonchev–Trinajstić information content (AvgIpc) is 2.58. The van der Waals surface area contributed by atoms with E-state index in [1.807, 2.05) is 18.7 Å². The van der Waals surface area contributed by atoms with E-state index in [0.717, 1.165) is 25.5 Å². The normalized spacial score (nSPS) is 10.7. The molecule has 0 fully saturated rings. The number of nitrogens with zero attached hydrogens (tertiary/aromatic N) is 1. The number of carbonyl (C=O) groups excluding carboxylic acids is 1. The summed E-state index contributed by atoms with van der Waals surface area (Å²) in [6.07, 6.45) is 4.36. The molecule has 0 aliphatic rings.